The molecule has 0 N–H and O–H groups in total. The average Bonchev–Trinajstić information content (AvgIpc) is 3.37. The van der Waals surface area contributed by atoms with Gasteiger partial charge in [0, 0.05) is 38.7 Å². The van der Waals surface area contributed by atoms with Crippen LogP contribution in [0.3, 0.4) is 0 Å². The van der Waals surface area contributed by atoms with Gasteiger partial charge in [0.2, 0.25) is 0 Å². The van der Waals surface area contributed by atoms with Crippen molar-refractivity contribution in [2.45, 2.75) is 188 Å². The minimum absolute atomic E-state index is 0.00337. The minimum Gasteiger partial charge on any atom is -0.375 e. The van der Waals surface area contributed by atoms with Gasteiger partial charge in [-0.25, -0.2) is 0 Å². The third-order valence-corrected chi connectivity index (χ3v) is 13.5. The van der Waals surface area contributed by atoms with Crippen LogP contribution in [0.4, 0.5) is 0 Å². The van der Waals surface area contributed by atoms with E-state index in [1.807, 2.05) is 24.3 Å². The molecule has 0 aliphatic carbocycles. The van der Waals surface area contributed by atoms with E-state index >= 15 is 0 Å². The van der Waals surface area contributed by atoms with Crippen molar-refractivity contribution >= 4 is 0 Å². The maximum Gasteiger partial charge on any atom is 0.108 e. The lowest BCUT2D eigenvalue weighted by molar-refractivity contribution is -0.304. The Bertz CT molecular complexity index is 1500. The van der Waals surface area contributed by atoms with Crippen molar-refractivity contribution in [2.24, 2.45) is 0 Å². The molecule has 8 aliphatic rings. The Morgan fingerprint density at radius 1 is 0.426 bits per heavy atom. The second kappa shape index (κ2) is 16.5. The van der Waals surface area contributed by atoms with Gasteiger partial charge in [0.15, 0.2) is 0 Å². The van der Waals surface area contributed by atoms with Crippen LogP contribution in [0.2, 0.25) is 0 Å². The van der Waals surface area contributed by atoms with Crippen LogP contribution >= 0.6 is 0 Å². The van der Waals surface area contributed by atoms with Gasteiger partial charge in [0.25, 0.3) is 0 Å². The summed E-state index contributed by atoms with van der Waals surface area (Å²) in [4.78, 5) is 0. The summed E-state index contributed by atoms with van der Waals surface area (Å²) in [5, 5.41) is 0. The van der Waals surface area contributed by atoms with Gasteiger partial charge >= 0.3 is 0 Å². The summed E-state index contributed by atoms with van der Waals surface area (Å²) in [5.74, 6) is 0. The molecule has 0 saturated carbocycles. The molecule has 0 aromatic heterocycles. The summed E-state index contributed by atoms with van der Waals surface area (Å²) < 4.78 is 67.0. The van der Waals surface area contributed by atoms with E-state index in [1.54, 1.807) is 0 Å². The summed E-state index contributed by atoms with van der Waals surface area (Å²) in [6, 6.07) is 20.6. The van der Waals surface area contributed by atoms with Crippen molar-refractivity contribution in [3.8, 4) is 0 Å². The third kappa shape index (κ3) is 7.95. The van der Waals surface area contributed by atoms with Crippen LogP contribution in [0, 0.1) is 0 Å². The first-order valence-electron chi connectivity index (χ1n) is 21.2. The number of benzene rings is 2. The highest BCUT2D eigenvalue weighted by atomic mass is 16.6. The minimum atomic E-state index is -0.190. The number of hydrogen-bond donors (Lipinski definition) is 0. The van der Waals surface area contributed by atoms with Crippen molar-refractivity contribution in [1.82, 2.24) is 0 Å². The molecule has 54 heavy (non-hydrogen) atoms. The number of hydrogen-bond acceptors (Lipinski definition) is 10. The van der Waals surface area contributed by atoms with Gasteiger partial charge < -0.3 is 47.4 Å². The van der Waals surface area contributed by atoms with Gasteiger partial charge in [-0.05, 0) is 56.1 Å². The van der Waals surface area contributed by atoms with Crippen molar-refractivity contribution in [2.75, 3.05) is 13.2 Å². The Balaban J connectivity index is 0.786. The molecule has 8 heterocycles. The van der Waals surface area contributed by atoms with Crippen molar-refractivity contribution in [3.63, 3.8) is 0 Å². The monoisotopic (exact) mass is 746 g/mol. The zero-order valence-corrected chi connectivity index (χ0v) is 31.4. The van der Waals surface area contributed by atoms with Crippen molar-refractivity contribution in [1.29, 1.82) is 0 Å². The Kier molecular flexibility index (Phi) is 11.1. The van der Waals surface area contributed by atoms with Gasteiger partial charge in [0.05, 0.1) is 111 Å². The van der Waals surface area contributed by atoms with Gasteiger partial charge in [-0.1, -0.05) is 60.7 Å². The molecule has 10 rings (SSSR count). The highest BCUT2D eigenvalue weighted by Crippen LogP contribution is 2.44. The Hall–Kier alpha value is -1.96. The first-order valence-corrected chi connectivity index (χ1v) is 21.2. The first kappa shape index (κ1) is 36.4. The second-order valence-electron chi connectivity index (χ2n) is 17.1. The normalized spacial score (nSPS) is 44.6. The van der Waals surface area contributed by atoms with Crippen LogP contribution in [-0.2, 0) is 60.6 Å². The van der Waals surface area contributed by atoms with Gasteiger partial charge in [-0.15, -0.1) is 0 Å². The van der Waals surface area contributed by atoms with E-state index in [-0.39, 0.29) is 97.7 Å². The highest BCUT2D eigenvalue weighted by molar-refractivity contribution is 5.14. The van der Waals surface area contributed by atoms with Crippen molar-refractivity contribution < 1.29 is 47.4 Å². The molecule has 8 aliphatic heterocycles. The third-order valence-electron chi connectivity index (χ3n) is 13.5. The molecule has 10 heteroatoms. The topological polar surface area (TPSA) is 92.3 Å². The van der Waals surface area contributed by atoms with Crippen LogP contribution in [0.25, 0.3) is 0 Å². The lowest BCUT2D eigenvalue weighted by Crippen LogP contribution is -2.62. The van der Waals surface area contributed by atoms with Gasteiger partial charge in [0.1, 0.15) is 6.10 Å². The molecule has 16 atom stereocenters. The Morgan fingerprint density at radius 2 is 0.870 bits per heavy atom. The molecule has 0 bridgehead atoms. The molecule has 0 amide bonds. The highest BCUT2D eigenvalue weighted by Gasteiger charge is 2.53. The standard InChI is InChI=1S/C44H58O10/c1-3-9-27(10-4-1)24-45-26-44-35(47-25-28-11-5-2-6-12-28)20-40-43(54-44)23-41-42(53-40)22-38-31(50-41)14-7-13-30-37(52-38)21-39-33(49-30)17-16-32-36(51-39)19-34-29(48-32)15-8-18-46-34/h1-6,9-12,29-44H,7-8,13-26H2/t29-,30+,31-,32+,33-,34+,35-,36-,37-,38+,39+,40+,41+,42-,43-,44+/m0/s1. The first-order chi connectivity index (χ1) is 26.7. The van der Waals surface area contributed by atoms with Gasteiger partial charge in [-0.3, -0.25) is 0 Å². The van der Waals surface area contributed by atoms with E-state index in [9.17, 15) is 0 Å². The van der Waals surface area contributed by atoms with E-state index in [2.05, 4.69) is 36.4 Å². The van der Waals surface area contributed by atoms with Crippen LogP contribution in [0.1, 0.15) is 88.2 Å². The summed E-state index contributed by atoms with van der Waals surface area (Å²) in [7, 11) is 0. The molecular weight excluding hydrogens is 688 g/mol. The fraction of sp³-hybridized carbons (Fsp3) is 0.727. The molecule has 294 valence electrons. The fourth-order valence-corrected chi connectivity index (χ4v) is 10.7. The maximum atomic E-state index is 7.06. The van der Waals surface area contributed by atoms with E-state index in [0.717, 1.165) is 94.8 Å². The molecule has 0 unspecified atom stereocenters. The molecule has 8 saturated heterocycles. The van der Waals surface area contributed by atoms with Crippen LogP contribution in [-0.4, -0.2) is 111 Å². The molecule has 0 radical (unpaired) electrons. The molecular formula is C44H58O10. The quantitative estimate of drug-likeness (QED) is 0.325. The SMILES string of the molecule is c1ccc(COC[C@H]2O[C@H]3C[C@H]4O[C@H]5CCC[C@H]6O[C@H]7CC[C@H]8O[C@H]9CCCO[C@@H]9C[C@@H]8O[C@@H]7C[C@@H]6O[C@@H]5C[C@@H]4O[C@@H]3C[C@@H]2OCc2ccccc2)cc1. The van der Waals surface area contributed by atoms with E-state index in [0.29, 0.717) is 19.8 Å². The van der Waals surface area contributed by atoms with E-state index in [1.165, 1.54) is 0 Å². The fourth-order valence-electron chi connectivity index (χ4n) is 10.7. The zero-order chi connectivity index (χ0) is 35.8. The summed E-state index contributed by atoms with van der Waals surface area (Å²) in [6.07, 6.45) is 11.4. The summed E-state index contributed by atoms with van der Waals surface area (Å²) >= 11 is 0. The summed E-state index contributed by atoms with van der Waals surface area (Å²) in [5.41, 5.74) is 2.29. The molecule has 2 aromatic rings. The molecule has 0 spiro atoms. The zero-order valence-electron chi connectivity index (χ0n) is 31.4. The number of fused-ring (bicyclic) bond motifs is 7. The van der Waals surface area contributed by atoms with Gasteiger partial charge in [-0.2, -0.15) is 0 Å². The lowest BCUT2D eigenvalue weighted by atomic mass is 9.84. The van der Waals surface area contributed by atoms with Crippen LogP contribution in [0.15, 0.2) is 60.7 Å². The van der Waals surface area contributed by atoms with Crippen LogP contribution in [0.5, 0.6) is 0 Å². The Morgan fingerprint density at radius 3 is 1.50 bits per heavy atom. The second-order valence-corrected chi connectivity index (χ2v) is 17.1. The average molecular weight is 747 g/mol. The lowest BCUT2D eigenvalue weighted by Gasteiger charge is -2.53. The molecule has 10 nitrogen and oxygen atoms in total. The summed E-state index contributed by atoms with van der Waals surface area (Å²) in [6.45, 7) is 2.35. The Labute approximate surface area is 319 Å². The van der Waals surface area contributed by atoms with E-state index in [4.69, 9.17) is 47.4 Å². The van der Waals surface area contributed by atoms with Crippen LogP contribution < -0.4 is 0 Å². The van der Waals surface area contributed by atoms with E-state index < -0.39 is 0 Å². The smallest absolute Gasteiger partial charge is 0.108 e. The molecule has 2 aromatic carbocycles. The number of ether oxygens (including phenoxy) is 10. The predicted octanol–water partition coefficient (Wildman–Crippen LogP) is 6.24. The number of rotatable bonds is 7. The predicted molar refractivity (Wildman–Crippen MR) is 197 cm³/mol. The maximum absolute atomic E-state index is 7.06. The van der Waals surface area contributed by atoms with Crippen molar-refractivity contribution in [3.05, 3.63) is 71.8 Å². The molecule has 8 fully saturated rings. The largest absolute Gasteiger partial charge is 0.375 e.